The van der Waals surface area contributed by atoms with Crippen LogP contribution in [-0.4, -0.2) is 29.0 Å². The summed E-state index contributed by atoms with van der Waals surface area (Å²) in [5.41, 5.74) is -0.0853. The van der Waals surface area contributed by atoms with Gasteiger partial charge in [0.2, 0.25) is 0 Å². The second-order valence-corrected chi connectivity index (χ2v) is 5.89. The van der Waals surface area contributed by atoms with Crippen LogP contribution in [0.25, 0.3) is 0 Å². The molecular weight excluding hydrogens is 235 g/mol. The summed E-state index contributed by atoms with van der Waals surface area (Å²) in [5.74, 6) is -0.385. The molecule has 0 aliphatic rings. The molecule has 0 fully saturated rings. The molecule has 0 rings (SSSR count). The Morgan fingerprint density at radius 1 is 1.31 bits per heavy atom. The van der Waals surface area contributed by atoms with Gasteiger partial charge in [-0.3, -0.25) is 9.32 Å². The van der Waals surface area contributed by atoms with E-state index in [-0.39, 0.29) is 30.8 Å². The zero-order valence-corrected chi connectivity index (χ0v) is 10.7. The van der Waals surface area contributed by atoms with Crippen molar-refractivity contribution in [2.75, 3.05) is 13.2 Å². The number of ether oxygens (including phenoxy) is 1. The summed E-state index contributed by atoms with van der Waals surface area (Å²) >= 11 is 0. The van der Waals surface area contributed by atoms with E-state index in [2.05, 4.69) is 4.52 Å². The lowest BCUT2D eigenvalue weighted by atomic mass is 9.99. The van der Waals surface area contributed by atoms with Gasteiger partial charge in [-0.2, -0.15) is 0 Å². The number of hydrogen-bond donors (Lipinski definition) is 2. The molecule has 0 saturated heterocycles. The summed E-state index contributed by atoms with van der Waals surface area (Å²) in [4.78, 5) is 27.9. The normalized spacial score (nSPS) is 12.6. The predicted molar refractivity (Wildman–Crippen MR) is 57.6 cm³/mol. The molecule has 2 N–H and O–H groups in total. The maximum Gasteiger partial charge on any atom is 0.469 e. The van der Waals surface area contributed by atoms with Crippen LogP contribution in [-0.2, 0) is 18.6 Å². The molecule has 0 aromatic heterocycles. The van der Waals surface area contributed by atoms with Gasteiger partial charge in [-0.25, -0.2) is 4.57 Å². The molecule has 0 aliphatic heterocycles. The van der Waals surface area contributed by atoms with E-state index in [9.17, 15) is 9.36 Å². The largest absolute Gasteiger partial charge is 0.469 e. The lowest BCUT2D eigenvalue weighted by Gasteiger charge is -2.17. The Labute approximate surface area is 95.2 Å². The smallest absolute Gasteiger partial charge is 0.465 e. The quantitative estimate of drug-likeness (QED) is 0.423. The van der Waals surface area contributed by atoms with E-state index in [1.807, 2.05) is 20.8 Å². The number of hydrogen-bond acceptors (Lipinski definition) is 4. The van der Waals surface area contributed by atoms with Crippen LogP contribution in [0.3, 0.4) is 0 Å². The lowest BCUT2D eigenvalue weighted by Crippen LogP contribution is -2.18. The fraction of sp³-hybridized carbons (Fsp3) is 0.889. The molecule has 7 heteroatoms. The van der Waals surface area contributed by atoms with Crippen LogP contribution in [0, 0.1) is 5.41 Å². The van der Waals surface area contributed by atoms with Crippen LogP contribution >= 0.6 is 7.82 Å². The lowest BCUT2D eigenvalue weighted by molar-refractivity contribution is -0.146. The molecule has 0 aliphatic carbocycles. The zero-order valence-electron chi connectivity index (χ0n) is 9.80. The number of phosphoric ester groups is 1. The molecule has 0 spiro atoms. The van der Waals surface area contributed by atoms with Gasteiger partial charge in [0.25, 0.3) is 0 Å². The highest BCUT2D eigenvalue weighted by Crippen LogP contribution is 2.35. The van der Waals surface area contributed by atoms with Crippen LogP contribution < -0.4 is 0 Å². The van der Waals surface area contributed by atoms with E-state index in [1.54, 1.807) is 0 Å². The molecule has 96 valence electrons. The van der Waals surface area contributed by atoms with Crippen molar-refractivity contribution in [1.29, 1.82) is 0 Å². The molecule has 0 saturated carbocycles. The van der Waals surface area contributed by atoms with Crippen LogP contribution in [0.2, 0.25) is 0 Å². The Bertz CT molecular complexity index is 264. The van der Waals surface area contributed by atoms with Gasteiger partial charge in [0, 0.05) is 6.42 Å². The van der Waals surface area contributed by atoms with Gasteiger partial charge in [-0.15, -0.1) is 0 Å². The summed E-state index contributed by atoms with van der Waals surface area (Å²) in [7, 11) is -4.42. The van der Waals surface area contributed by atoms with E-state index < -0.39 is 7.82 Å². The Balaban J connectivity index is 3.56. The van der Waals surface area contributed by atoms with Gasteiger partial charge in [-0.05, 0) is 11.8 Å². The van der Waals surface area contributed by atoms with E-state index in [1.165, 1.54) is 0 Å². The van der Waals surface area contributed by atoms with Crippen LogP contribution in [0.4, 0.5) is 0 Å². The highest BCUT2D eigenvalue weighted by atomic mass is 31.2. The van der Waals surface area contributed by atoms with Crippen molar-refractivity contribution in [3.63, 3.8) is 0 Å². The van der Waals surface area contributed by atoms with Crippen molar-refractivity contribution in [1.82, 2.24) is 0 Å². The second-order valence-electron chi connectivity index (χ2n) is 4.65. The summed E-state index contributed by atoms with van der Waals surface area (Å²) in [5, 5.41) is 0. The van der Waals surface area contributed by atoms with E-state index in [4.69, 9.17) is 14.5 Å². The molecule has 0 aromatic carbocycles. The third-order valence-corrected chi connectivity index (χ3v) is 1.97. The van der Waals surface area contributed by atoms with Gasteiger partial charge < -0.3 is 14.5 Å². The van der Waals surface area contributed by atoms with Crippen LogP contribution in [0.15, 0.2) is 0 Å². The molecule has 0 radical (unpaired) electrons. The summed E-state index contributed by atoms with van der Waals surface area (Å²) in [6, 6.07) is 0. The fourth-order valence-corrected chi connectivity index (χ4v) is 1.14. The minimum atomic E-state index is -4.42. The highest BCUT2D eigenvalue weighted by molar-refractivity contribution is 7.46. The van der Waals surface area contributed by atoms with Crippen molar-refractivity contribution in [3.8, 4) is 0 Å². The van der Waals surface area contributed by atoms with Crippen LogP contribution in [0.5, 0.6) is 0 Å². The first kappa shape index (κ1) is 15.6. The maximum absolute atomic E-state index is 11.1. The number of carbonyl (C=O) groups is 1. The molecule has 0 heterocycles. The molecule has 0 bridgehead atoms. The first-order valence-electron chi connectivity index (χ1n) is 4.96. The van der Waals surface area contributed by atoms with Gasteiger partial charge >= 0.3 is 13.8 Å². The minimum absolute atomic E-state index is 0.0853. The van der Waals surface area contributed by atoms with Crippen molar-refractivity contribution in [3.05, 3.63) is 0 Å². The third kappa shape index (κ3) is 11.7. The zero-order chi connectivity index (χ0) is 12.8. The van der Waals surface area contributed by atoms with Crippen molar-refractivity contribution in [2.24, 2.45) is 5.41 Å². The highest BCUT2D eigenvalue weighted by Gasteiger charge is 2.15. The van der Waals surface area contributed by atoms with Gasteiger partial charge in [0.1, 0.15) is 0 Å². The summed E-state index contributed by atoms with van der Waals surface area (Å²) in [6.07, 6.45) is 0.324. The number of esters is 1. The summed E-state index contributed by atoms with van der Waals surface area (Å²) < 4.78 is 19.4. The first-order valence-corrected chi connectivity index (χ1v) is 6.49. The molecule has 6 nitrogen and oxygen atoms in total. The minimum Gasteiger partial charge on any atom is -0.465 e. The molecule has 0 aromatic rings. The third-order valence-electron chi connectivity index (χ3n) is 1.45. The molecule has 0 unspecified atom stereocenters. The Morgan fingerprint density at radius 3 is 2.31 bits per heavy atom. The standard InChI is InChI=1S/C9H19O6P/c1-9(2,3)7-14-8(10)5-4-6-15-16(11,12)13/h4-7H2,1-3H3,(H2,11,12,13). The van der Waals surface area contributed by atoms with Crippen LogP contribution in [0.1, 0.15) is 33.6 Å². The van der Waals surface area contributed by atoms with E-state index in [0.717, 1.165) is 0 Å². The topological polar surface area (TPSA) is 93.1 Å². The summed E-state index contributed by atoms with van der Waals surface area (Å²) in [6.45, 7) is 5.99. The average Bonchev–Trinajstić information content (AvgIpc) is 2.06. The second kappa shape index (κ2) is 6.35. The Morgan fingerprint density at radius 2 is 1.88 bits per heavy atom. The average molecular weight is 254 g/mol. The molecule has 16 heavy (non-hydrogen) atoms. The number of rotatable bonds is 6. The van der Waals surface area contributed by atoms with Crippen molar-refractivity contribution in [2.45, 2.75) is 33.6 Å². The maximum atomic E-state index is 11.1. The number of phosphoric acid groups is 1. The van der Waals surface area contributed by atoms with Gasteiger partial charge in [0.15, 0.2) is 0 Å². The number of carbonyl (C=O) groups excluding carboxylic acids is 1. The molecule has 0 atom stereocenters. The first-order chi connectivity index (χ1) is 7.10. The van der Waals surface area contributed by atoms with E-state index >= 15 is 0 Å². The molecule has 0 amide bonds. The Hall–Kier alpha value is -0.420. The van der Waals surface area contributed by atoms with Gasteiger partial charge in [-0.1, -0.05) is 20.8 Å². The monoisotopic (exact) mass is 254 g/mol. The SMILES string of the molecule is CC(C)(C)COC(=O)CCCOP(=O)(O)O. The predicted octanol–water partition coefficient (Wildman–Crippen LogP) is 1.47. The van der Waals surface area contributed by atoms with Crippen molar-refractivity contribution >= 4 is 13.8 Å². The Kier molecular flexibility index (Phi) is 6.18. The fourth-order valence-electron chi connectivity index (χ4n) is 0.769. The van der Waals surface area contributed by atoms with Gasteiger partial charge in [0.05, 0.1) is 13.2 Å². The molecular formula is C9H19O6P. The van der Waals surface area contributed by atoms with E-state index in [0.29, 0.717) is 6.61 Å². The van der Waals surface area contributed by atoms with Crippen molar-refractivity contribution < 1.29 is 28.4 Å².